The molecule has 2 aromatic rings. The van der Waals surface area contributed by atoms with Gasteiger partial charge in [-0.1, -0.05) is 0 Å². The van der Waals surface area contributed by atoms with Gasteiger partial charge in [-0.3, -0.25) is 9.78 Å². The Labute approximate surface area is 168 Å². The number of amides is 1. The number of ether oxygens (including phenoxy) is 2. The van der Waals surface area contributed by atoms with E-state index in [1.54, 1.807) is 43.9 Å². The fraction of sp³-hybridized carbons (Fsp3) is 0.400. The summed E-state index contributed by atoms with van der Waals surface area (Å²) in [5, 5.41) is 19.9. The first-order valence-corrected chi connectivity index (χ1v) is 9.95. The van der Waals surface area contributed by atoms with E-state index in [9.17, 15) is 15.0 Å². The van der Waals surface area contributed by atoms with Gasteiger partial charge in [0.05, 0.1) is 33.1 Å². The van der Waals surface area contributed by atoms with Gasteiger partial charge in [-0.05, 0) is 19.1 Å². The number of carbonyl (C=O) groups excluding carboxylic acids is 1. The number of benzene rings is 1. The van der Waals surface area contributed by atoms with Gasteiger partial charge in [0.1, 0.15) is 22.6 Å². The number of aromatic hydroxyl groups is 1. The molecule has 7 nitrogen and oxygen atoms in total. The molecule has 2 heterocycles. The molecule has 1 unspecified atom stereocenters. The Bertz CT molecular complexity index is 874. The maximum Gasteiger partial charge on any atom is 0.224 e. The molecule has 1 saturated heterocycles. The van der Waals surface area contributed by atoms with Gasteiger partial charge in [0.2, 0.25) is 5.91 Å². The van der Waals surface area contributed by atoms with Crippen molar-refractivity contribution in [1.82, 2.24) is 9.88 Å². The molecule has 0 radical (unpaired) electrons. The zero-order valence-corrected chi connectivity index (χ0v) is 17.0. The fourth-order valence-electron chi connectivity index (χ4n) is 3.24. The van der Waals surface area contributed by atoms with Crippen LogP contribution in [0.25, 0.3) is 0 Å². The van der Waals surface area contributed by atoms with Crippen molar-refractivity contribution in [3.8, 4) is 17.2 Å². The third-order valence-corrected chi connectivity index (χ3v) is 6.09. The lowest BCUT2D eigenvalue weighted by Crippen LogP contribution is -2.37. The highest BCUT2D eigenvalue weighted by Gasteiger charge is 2.33. The molecule has 0 aliphatic carbocycles. The standard InChI is InChI=1S/C20H24N2O5S/c1-12-19(25)16(13(11-23)9-21-12)10-22-18(24)6-7-28-20(22)15-5-4-14(26-2)8-17(15)27-3/h4-5,8-9,20,23,25H,6-7,10-11H2,1-3H3. The van der Waals surface area contributed by atoms with E-state index < -0.39 is 0 Å². The average molecular weight is 404 g/mol. The Morgan fingerprint density at radius 1 is 1.32 bits per heavy atom. The van der Waals surface area contributed by atoms with Crippen molar-refractivity contribution in [2.75, 3.05) is 20.0 Å². The number of thioether (sulfide) groups is 1. The normalized spacial score (nSPS) is 16.9. The summed E-state index contributed by atoms with van der Waals surface area (Å²) in [7, 11) is 3.17. The van der Waals surface area contributed by atoms with Gasteiger partial charge >= 0.3 is 0 Å². The largest absolute Gasteiger partial charge is 0.506 e. The highest BCUT2D eigenvalue weighted by molar-refractivity contribution is 7.99. The van der Waals surface area contributed by atoms with Gasteiger partial charge in [-0.15, -0.1) is 11.8 Å². The third-order valence-electron chi connectivity index (χ3n) is 4.83. The fourth-order valence-corrected chi connectivity index (χ4v) is 4.50. The monoisotopic (exact) mass is 404 g/mol. The molecular formula is C20H24N2O5S. The zero-order chi connectivity index (χ0) is 20.3. The molecule has 1 aliphatic heterocycles. The summed E-state index contributed by atoms with van der Waals surface area (Å²) < 4.78 is 10.8. The number of aryl methyl sites for hydroxylation is 1. The highest BCUT2D eigenvalue weighted by Crippen LogP contribution is 2.44. The second-order valence-corrected chi connectivity index (χ2v) is 7.64. The molecule has 0 bridgehead atoms. The molecule has 1 aromatic heterocycles. The second-order valence-electron chi connectivity index (χ2n) is 6.46. The summed E-state index contributed by atoms with van der Waals surface area (Å²) in [5.74, 6) is 2.00. The first-order valence-electron chi connectivity index (χ1n) is 8.90. The number of aliphatic hydroxyl groups is 1. The molecule has 1 amide bonds. The molecule has 8 heteroatoms. The van der Waals surface area contributed by atoms with Crippen LogP contribution in [0.1, 0.15) is 34.2 Å². The molecule has 0 saturated carbocycles. The molecule has 1 fully saturated rings. The maximum atomic E-state index is 12.8. The van der Waals surface area contributed by atoms with Crippen LogP contribution in [-0.4, -0.2) is 46.0 Å². The molecule has 2 N–H and O–H groups in total. The number of methoxy groups -OCH3 is 2. The number of aromatic nitrogens is 1. The SMILES string of the molecule is COc1ccc(C2SCCC(=O)N2Cc2c(CO)cnc(C)c2O)c(OC)c1. The van der Waals surface area contributed by atoms with Crippen LogP contribution in [-0.2, 0) is 17.9 Å². The number of nitrogens with zero attached hydrogens (tertiary/aromatic N) is 2. The van der Waals surface area contributed by atoms with Gasteiger partial charge in [0.15, 0.2) is 0 Å². The lowest BCUT2D eigenvalue weighted by Gasteiger charge is -2.36. The van der Waals surface area contributed by atoms with Crippen molar-refractivity contribution in [3.05, 3.63) is 46.8 Å². The van der Waals surface area contributed by atoms with Crippen molar-refractivity contribution >= 4 is 17.7 Å². The number of carbonyl (C=O) groups is 1. The minimum absolute atomic E-state index is 0.00960. The zero-order valence-electron chi connectivity index (χ0n) is 16.1. The van der Waals surface area contributed by atoms with Crippen molar-refractivity contribution < 1.29 is 24.5 Å². The van der Waals surface area contributed by atoms with E-state index in [0.717, 1.165) is 5.56 Å². The molecule has 1 aliphatic rings. The topological polar surface area (TPSA) is 92.1 Å². The molecule has 3 rings (SSSR count). The smallest absolute Gasteiger partial charge is 0.224 e. The van der Waals surface area contributed by atoms with Gasteiger partial charge in [-0.2, -0.15) is 0 Å². The molecular weight excluding hydrogens is 380 g/mol. The van der Waals surface area contributed by atoms with E-state index >= 15 is 0 Å². The van der Waals surface area contributed by atoms with Crippen LogP contribution in [0.15, 0.2) is 24.4 Å². The van der Waals surface area contributed by atoms with Crippen LogP contribution in [0.2, 0.25) is 0 Å². The van der Waals surface area contributed by atoms with Gasteiger partial charge in [0.25, 0.3) is 0 Å². The van der Waals surface area contributed by atoms with Crippen molar-refractivity contribution in [1.29, 1.82) is 0 Å². The molecule has 1 atom stereocenters. The van der Waals surface area contributed by atoms with Gasteiger partial charge in [-0.25, -0.2) is 0 Å². The number of aliphatic hydroxyl groups excluding tert-OH is 1. The minimum atomic E-state index is -0.276. The Morgan fingerprint density at radius 3 is 2.79 bits per heavy atom. The van der Waals surface area contributed by atoms with Crippen LogP contribution < -0.4 is 9.47 Å². The minimum Gasteiger partial charge on any atom is -0.506 e. The summed E-state index contributed by atoms with van der Waals surface area (Å²) in [5.41, 5.74) is 2.34. The van der Waals surface area contributed by atoms with Crippen LogP contribution in [0.4, 0.5) is 0 Å². The molecule has 28 heavy (non-hydrogen) atoms. The third kappa shape index (κ3) is 3.88. The Morgan fingerprint density at radius 2 is 2.11 bits per heavy atom. The van der Waals surface area contributed by atoms with E-state index in [2.05, 4.69) is 4.98 Å². The first-order chi connectivity index (χ1) is 13.5. The van der Waals surface area contributed by atoms with Gasteiger partial charge in [0, 0.05) is 41.1 Å². The number of hydrogen-bond donors (Lipinski definition) is 2. The summed E-state index contributed by atoms with van der Waals surface area (Å²) >= 11 is 1.64. The average Bonchev–Trinajstić information content (AvgIpc) is 2.72. The lowest BCUT2D eigenvalue weighted by atomic mass is 10.1. The van der Waals surface area contributed by atoms with Crippen LogP contribution >= 0.6 is 11.8 Å². The number of rotatable bonds is 6. The van der Waals surface area contributed by atoms with Crippen LogP contribution in [0.3, 0.4) is 0 Å². The predicted octanol–water partition coefficient (Wildman–Crippen LogP) is 2.77. The van der Waals surface area contributed by atoms with Gasteiger partial charge < -0.3 is 24.6 Å². The molecule has 0 spiro atoms. The molecule has 1 aromatic carbocycles. The Balaban J connectivity index is 2.02. The van der Waals surface area contributed by atoms with Crippen LogP contribution in [0.5, 0.6) is 17.2 Å². The first kappa shape index (κ1) is 20.3. The van der Waals surface area contributed by atoms with E-state index in [0.29, 0.717) is 40.5 Å². The lowest BCUT2D eigenvalue weighted by molar-refractivity contribution is -0.132. The number of hydrogen-bond acceptors (Lipinski definition) is 7. The Hall–Kier alpha value is -2.45. The van der Waals surface area contributed by atoms with Crippen molar-refractivity contribution in [3.63, 3.8) is 0 Å². The predicted molar refractivity (Wildman–Crippen MR) is 106 cm³/mol. The number of pyridine rings is 1. The summed E-state index contributed by atoms with van der Waals surface area (Å²) in [6, 6.07) is 5.52. The van der Waals surface area contributed by atoms with E-state index in [1.165, 1.54) is 6.20 Å². The maximum absolute atomic E-state index is 12.8. The highest BCUT2D eigenvalue weighted by atomic mass is 32.2. The van der Waals surface area contributed by atoms with E-state index in [1.807, 2.05) is 12.1 Å². The quantitative estimate of drug-likeness (QED) is 0.765. The summed E-state index contributed by atoms with van der Waals surface area (Å²) in [6.07, 6.45) is 1.95. The van der Waals surface area contributed by atoms with Crippen molar-refractivity contribution in [2.24, 2.45) is 0 Å². The summed E-state index contributed by atoms with van der Waals surface area (Å²) in [6.45, 7) is 1.61. The van der Waals surface area contributed by atoms with Crippen molar-refractivity contribution in [2.45, 2.75) is 31.9 Å². The summed E-state index contributed by atoms with van der Waals surface area (Å²) in [4.78, 5) is 18.6. The Kier molecular flexibility index (Phi) is 6.31. The second kappa shape index (κ2) is 8.70. The molecule has 150 valence electrons. The van der Waals surface area contributed by atoms with Crippen LogP contribution in [0, 0.1) is 6.92 Å². The van der Waals surface area contributed by atoms with E-state index in [-0.39, 0.29) is 30.2 Å². The van der Waals surface area contributed by atoms with E-state index in [4.69, 9.17) is 9.47 Å².